The van der Waals surface area contributed by atoms with Crippen LogP contribution in [0.1, 0.15) is 47.0 Å². The zero-order valence-corrected chi connectivity index (χ0v) is 13.4. The van der Waals surface area contributed by atoms with Crippen LogP contribution < -0.4 is 5.32 Å². The SMILES string of the molecule is CCCCOCCCNC1CN(C(=O)OC(C)(C)C)C1. The van der Waals surface area contributed by atoms with Crippen molar-refractivity contribution in [1.82, 2.24) is 10.2 Å². The average Bonchev–Trinajstić information content (AvgIpc) is 2.27. The van der Waals surface area contributed by atoms with Crippen LogP contribution >= 0.6 is 0 Å². The van der Waals surface area contributed by atoms with Gasteiger partial charge in [0.1, 0.15) is 5.60 Å². The van der Waals surface area contributed by atoms with Gasteiger partial charge in [-0.2, -0.15) is 0 Å². The number of carbonyl (C=O) groups is 1. The summed E-state index contributed by atoms with van der Waals surface area (Å²) in [5.41, 5.74) is -0.411. The van der Waals surface area contributed by atoms with Crippen LogP contribution in [0, 0.1) is 0 Å². The van der Waals surface area contributed by atoms with Crippen LogP contribution in [-0.4, -0.2) is 55.5 Å². The van der Waals surface area contributed by atoms with Crippen molar-refractivity contribution in [2.75, 3.05) is 32.8 Å². The largest absolute Gasteiger partial charge is 0.444 e. The second-order valence-corrected chi connectivity index (χ2v) is 6.36. The number of hydrogen-bond donors (Lipinski definition) is 1. The molecule has 0 aromatic heterocycles. The minimum absolute atomic E-state index is 0.210. The molecular formula is C15H30N2O3. The maximum absolute atomic E-state index is 11.7. The molecule has 1 fully saturated rings. The first kappa shape index (κ1) is 17.2. The molecular weight excluding hydrogens is 256 g/mol. The predicted octanol–water partition coefficient (Wildman–Crippen LogP) is 2.40. The van der Waals surface area contributed by atoms with Gasteiger partial charge in [0.2, 0.25) is 0 Å². The van der Waals surface area contributed by atoms with Crippen molar-refractivity contribution < 1.29 is 14.3 Å². The number of nitrogens with one attached hydrogen (secondary N) is 1. The Morgan fingerprint density at radius 2 is 1.90 bits per heavy atom. The fraction of sp³-hybridized carbons (Fsp3) is 0.933. The van der Waals surface area contributed by atoms with Crippen LogP contribution in [0.3, 0.4) is 0 Å². The van der Waals surface area contributed by atoms with E-state index in [9.17, 15) is 4.79 Å². The standard InChI is InChI=1S/C15H30N2O3/c1-5-6-9-19-10-7-8-16-13-11-17(12-13)14(18)20-15(2,3)4/h13,16H,5-12H2,1-4H3. The summed E-state index contributed by atoms with van der Waals surface area (Å²) in [7, 11) is 0. The zero-order valence-electron chi connectivity index (χ0n) is 13.4. The number of amides is 1. The van der Waals surface area contributed by atoms with E-state index in [4.69, 9.17) is 9.47 Å². The van der Waals surface area contributed by atoms with Gasteiger partial charge in [0.05, 0.1) is 0 Å². The van der Waals surface area contributed by atoms with Crippen LogP contribution in [0.5, 0.6) is 0 Å². The van der Waals surface area contributed by atoms with E-state index in [2.05, 4.69) is 12.2 Å². The van der Waals surface area contributed by atoms with E-state index >= 15 is 0 Å². The van der Waals surface area contributed by atoms with E-state index in [-0.39, 0.29) is 6.09 Å². The summed E-state index contributed by atoms with van der Waals surface area (Å²) < 4.78 is 10.8. The van der Waals surface area contributed by atoms with Crippen molar-refractivity contribution in [3.05, 3.63) is 0 Å². The molecule has 0 aromatic carbocycles. The molecule has 0 unspecified atom stereocenters. The summed E-state index contributed by atoms with van der Waals surface area (Å²) in [6.07, 6.45) is 3.13. The lowest BCUT2D eigenvalue weighted by Crippen LogP contribution is -2.60. The Bertz CT molecular complexity index is 283. The van der Waals surface area contributed by atoms with Crippen molar-refractivity contribution >= 4 is 6.09 Å². The Hall–Kier alpha value is -0.810. The summed E-state index contributed by atoms with van der Waals surface area (Å²) in [4.78, 5) is 13.5. The first-order valence-corrected chi connectivity index (χ1v) is 7.71. The molecule has 0 saturated carbocycles. The van der Waals surface area contributed by atoms with Crippen molar-refractivity contribution in [3.8, 4) is 0 Å². The van der Waals surface area contributed by atoms with Crippen LogP contribution in [-0.2, 0) is 9.47 Å². The van der Waals surface area contributed by atoms with Gasteiger partial charge in [0.15, 0.2) is 0 Å². The molecule has 1 aliphatic heterocycles. The highest BCUT2D eigenvalue weighted by Crippen LogP contribution is 2.15. The molecule has 0 atom stereocenters. The molecule has 5 heteroatoms. The second-order valence-electron chi connectivity index (χ2n) is 6.36. The molecule has 1 rings (SSSR count). The molecule has 0 spiro atoms. The van der Waals surface area contributed by atoms with Crippen molar-refractivity contribution in [3.63, 3.8) is 0 Å². The number of carbonyl (C=O) groups excluding carboxylic acids is 1. The van der Waals surface area contributed by atoms with Gasteiger partial charge in [0.25, 0.3) is 0 Å². The van der Waals surface area contributed by atoms with E-state index in [1.807, 2.05) is 20.8 Å². The first-order chi connectivity index (χ1) is 9.42. The van der Waals surface area contributed by atoms with Gasteiger partial charge in [-0.05, 0) is 40.2 Å². The van der Waals surface area contributed by atoms with Crippen LogP contribution in [0.15, 0.2) is 0 Å². The lowest BCUT2D eigenvalue weighted by molar-refractivity contribution is 0.00511. The molecule has 0 aliphatic carbocycles. The smallest absolute Gasteiger partial charge is 0.410 e. The second kappa shape index (κ2) is 8.47. The first-order valence-electron chi connectivity index (χ1n) is 7.71. The van der Waals surface area contributed by atoms with E-state index in [1.54, 1.807) is 4.90 Å². The third kappa shape index (κ3) is 7.10. The number of rotatable bonds is 8. The molecule has 1 amide bonds. The molecule has 1 aliphatic rings. The summed E-state index contributed by atoms with van der Waals surface area (Å²) in [6, 6.07) is 0.401. The Morgan fingerprint density at radius 3 is 2.50 bits per heavy atom. The molecule has 0 bridgehead atoms. The molecule has 0 aromatic rings. The van der Waals surface area contributed by atoms with Crippen LogP contribution in [0.2, 0.25) is 0 Å². The molecule has 0 radical (unpaired) electrons. The molecule has 1 saturated heterocycles. The quantitative estimate of drug-likeness (QED) is 0.696. The molecule has 118 valence electrons. The minimum atomic E-state index is -0.411. The highest BCUT2D eigenvalue weighted by atomic mass is 16.6. The number of ether oxygens (including phenoxy) is 2. The molecule has 1 N–H and O–H groups in total. The third-order valence-corrected chi connectivity index (χ3v) is 3.07. The van der Waals surface area contributed by atoms with Crippen molar-refractivity contribution in [1.29, 1.82) is 0 Å². The van der Waals surface area contributed by atoms with Gasteiger partial charge in [-0.1, -0.05) is 13.3 Å². The molecule has 5 nitrogen and oxygen atoms in total. The lowest BCUT2D eigenvalue weighted by Gasteiger charge is -2.40. The summed E-state index contributed by atoms with van der Waals surface area (Å²) in [5.74, 6) is 0. The normalized spacial score (nSPS) is 16.1. The Kier molecular flexibility index (Phi) is 7.30. The number of likely N-dealkylation sites (tertiary alicyclic amines) is 1. The topological polar surface area (TPSA) is 50.8 Å². The van der Waals surface area contributed by atoms with Gasteiger partial charge in [-0.3, -0.25) is 0 Å². The van der Waals surface area contributed by atoms with Gasteiger partial charge in [0, 0.05) is 32.3 Å². The monoisotopic (exact) mass is 286 g/mol. The maximum atomic E-state index is 11.7. The average molecular weight is 286 g/mol. The highest BCUT2D eigenvalue weighted by molar-refractivity contribution is 5.69. The fourth-order valence-corrected chi connectivity index (χ4v) is 1.91. The van der Waals surface area contributed by atoms with E-state index < -0.39 is 5.60 Å². The predicted molar refractivity (Wildman–Crippen MR) is 79.9 cm³/mol. The van der Waals surface area contributed by atoms with Crippen LogP contribution in [0.4, 0.5) is 4.79 Å². The summed E-state index contributed by atoms with van der Waals surface area (Å²) >= 11 is 0. The third-order valence-electron chi connectivity index (χ3n) is 3.07. The number of hydrogen-bond acceptors (Lipinski definition) is 4. The van der Waals surface area contributed by atoms with Gasteiger partial charge in [-0.15, -0.1) is 0 Å². The minimum Gasteiger partial charge on any atom is -0.444 e. The Morgan fingerprint density at radius 1 is 1.25 bits per heavy atom. The van der Waals surface area contributed by atoms with Crippen molar-refractivity contribution in [2.24, 2.45) is 0 Å². The lowest BCUT2D eigenvalue weighted by atomic mass is 10.1. The van der Waals surface area contributed by atoms with Crippen molar-refractivity contribution in [2.45, 2.75) is 58.6 Å². The van der Waals surface area contributed by atoms with E-state index in [1.165, 1.54) is 6.42 Å². The Balaban J connectivity index is 1.96. The summed E-state index contributed by atoms with van der Waals surface area (Å²) in [6.45, 7) is 11.9. The van der Waals surface area contributed by atoms with Crippen LogP contribution in [0.25, 0.3) is 0 Å². The summed E-state index contributed by atoms with van der Waals surface area (Å²) in [5, 5.41) is 3.43. The molecule has 1 heterocycles. The maximum Gasteiger partial charge on any atom is 0.410 e. The van der Waals surface area contributed by atoms with Gasteiger partial charge >= 0.3 is 6.09 Å². The van der Waals surface area contributed by atoms with Gasteiger partial charge in [-0.25, -0.2) is 4.79 Å². The number of nitrogens with zero attached hydrogens (tertiary/aromatic N) is 1. The van der Waals surface area contributed by atoms with Gasteiger partial charge < -0.3 is 19.7 Å². The van der Waals surface area contributed by atoms with E-state index in [0.29, 0.717) is 6.04 Å². The molecule has 20 heavy (non-hydrogen) atoms. The van der Waals surface area contributed by atoms with E-state index in [0.717, 1.165) is 45.7 Å². The Labute approximate surface area is 123 Å². The fourth-order valence-electron chi connectivity index (χ4n) is 1.91. The highest BCUT2D eigenvalue weighted by Gasteiger charge is 2.32. The number of unbranched alkanes of at least 4 members (excludes halogenated alkanes) is 1. The zero-order chi connectivity index (χ0) is 15.0.